The van der Waals surface area contributed by atoms with Crippen LogP contribution < -0.4 is 0 Å². The van der Waals surface area contributed by atoms with Crippen molar-refractivity contribution in [3.63, 3.8) is 0 Å². The van der Waals surface area contributed by atoms with Crippen molar-refractivity contribution in [3.8, 4) is 5.75 Å². The Morgan fingerprint density at radius 1 is 1.12 bits per heavy atom. The van der Waals surface area contributed by atoms with Gasteiger partial charge in [0.25, 0.3) is 5.91 Å². The Morgan fingerprint density at radius 2 is 1.76 bits per heavy atom. The summed E-state index contributed by atoms with van der Waals surface area (Å²) in [7, 11) is 0. The second-order valence-corrected chi connectivity index (χ2v) is 6.49. The average molecular weight is 362 g/mol. The Bertz CT molecular complexity index is 802. The van der Waals surface area contributed by atoms with E-state index in [9.17, 15) is 19.1 Å². The zero-order chi connectivity index (χ0) is 18.0. The first-order chi connectivity index (χ1) is 12.0. The Kier molecular flexibility index (Phi) is 5.04. The number of hydrogen-bond acceptors (Lipinski definition) is 3. The molecule has 0 unspecified atom stereocenters. The molecule has 0 aromatic heterocycles. The molecule has 1 heterocycles. The number of amides is 1. The number of hydrogen-bond donors (Lipinski definition) is 1. The molecule has 1 saturated heterocycles. The van der Waals surface area contributed by atoms with Crippen LogP contribution in [0.25, 0.3) is 0 Å². The molecular formula is C19H17ClFNO3. The number of likely N-dealkylation sites (tertiary alicyclic amines) is 1. The van der Waals surface area contributed by atoms with Gasteiger partial charge in [-0.25, -0.2) is 4.39 Å². The molecule has 6 heteroatoms. The van der Waals surface area contributed by atoms with Crippen molar-refractivity contribution in [1.82, 2.24) is 4.90 Å². The fraction of sp³-hybridized carbons (Fsp3) is 0.263. The number of benzene rings is 2. The summed E-state index contributed by atoms with van der Waals surface area (Å²) in [4.78, 5) is 26.7. The molecule has 1 N–H and O–H groups in total. The van der Waals surface area contributed by atoms with Gasteiger partial charge >= 0.3 is 0 Å². The molecule has 0 spiro atoms. The van der Waals surface area contributed by atoms with Gasteiger partial charge in [-0.1, -0.05) is 29.8 Å². The third-order valence-electron chi connectivity index (χ3n) is 4.48. The predicted octanol–water partition coefficient (Wildman–Crippen LogP) is 3.92. The fourth-order valence-electron chi connectivity index (χ4n) is 3.06. The van der Waals surface area contributed by atoms with E-state index < -0.39 is 11.6 Å². The van der Waals surface area contributed by atoms with Crippen LogP contribution in [-0.2, 0) is 0 Å². The molecule has 0 radical (unpaired) electrons. The van der Waals surface area contributed by atoms with Crippen molar-refractivity contribution in [3.05, 3.63) is 64.4 Å². The van der Waals surface area contributed by atoms with Crippen LogP contribution in [0.5, 0.6) is 5.75 Å². The van der Waals surface area contributed by atoms with Crippen LogP contribution in [0.2, 0.25) is 5.02 Å². The summed E-state index contributed by atoms with van der Waals surface area (Å²) in [6.07, 6.45) is 0.984. The van der Waals surface area contributed by atoms with Gasteiger partial charge in [0.2, 0.25) is 0 Å². The lowest BCUT2D eigenvalue weighted by Gasteiger charge is -2.31. The number of phenols is 1. The number of phenolic OH excluding ortho intramolecular Hbond substituents is 1. The topological polar surface area (TPSA) is 57.6 Å². The second-order valence-electron chi connectivity index (χ2n) is 6.08. The standard InChI is InChI=1S/C19H17ClFNO3/c20-15-10-14(17(23)11-16(15)21)18(24)12-6-8-22(9-7-12)19(25)13-4-2-1-3-5-13/h1-5,10-12,23H,6-9H2. The van der Waals surface area contributed by atoms with Crippen LogP contribution >= 0.6 is 11.6 Å². The summed E-state index contributed by atoms with van der Waals surface area (Å²) in [5.74, 6) is -1.83. The molecule has 130 valence electrons. The van der Waals surface area contributed by atoms with E-state index in [2.05, 4.69) is 0 Å². The number of rotatable bonds is 3. The van der Waals surface area contributed by atoms with Gasteiger partial charge in [-0.05, 0) is 31.0 Å². The van der Waals surface area contributed by atoms with Gasteiger partial charge in [0.15, 0.2) is 5.78 Å². The van der Waals surface area contributed by atoms with Gasteiger partial charge in [-0.15, -0.1) is 0 Å². The third kappa shape index (κ3) is 3.66. The Balaban J connectivity index is 1.67. The molecule has 0 aliphatic carbocycles. The van der Waals surface area contributed by atoms with E-state index in [0.29, 0.717) is 31.5 Å². The number of carbonyl (C=O) groups is 2. The summed E-state index contributed by atoms with van der Waals surface area (Å²) in [5.41, 5.74) is 0.648. The maximum absolute atomic E-state index is 13.3. The van der Waals surface area contributed by atoms with Gasteiger partial charge in [0.1, 0.15) is 11.6 Å². The first-order valence-corrected chi connectivity index (χ1v) is 8.41. The van der Waals surface area contributed by atoms with Gasteiger partial charge in [0, 0.05) is 30.6 Å². The normalized spacial score (nSPS) is 15.2. The smallest absolute Gasteiger partial charge is 0.253 e. The number of ketones is 1. The fourth-order valence-corrected chi connectivity index (χ4v) is 3.23. The molecule has 1 fully saturated rings. The molecule has 0 saturated carbocycles. The first-order valence-electron chi connectivity index (χ1n) is 8.04. The zero-order valence-corrected chi connectivity index (χ0v) is 14.2. The van der Waals surface area contributed by atoms with E-state index in [-0.39, 0.29) is 28.2 Å². The van der Waals surface area contributed by atoms with Crippen LogP contribution in [0.3, 0.4) is 0 Å². The largest absolute Gasteiger partial charge is 0.507 e. The lowest BCUT2D eigenvalue weighted by Crippen LogP contribution is -2.40. The molecule has 1 aliphatic heterocycles. The second kappa shape index (κ2) is 7.23. The maximum Gasteiger partial charge on any atom is 0.253 e. The molecule has 1 aliphatic rings. The minimum absolute atomic E-state index is 0.0271. The zero-order valence-electron chi connectivity index (χ0n) is 13.4. The van der Waals surface area contributed by atoms with Gasteiger partial charge in [-0.3, -0.25) is 9.59 Å². The Hall–Kier alpha value is -2.40. The quantitative estimate of drug-likeness (QED) is 0.843. The predicted molar refractivity (Wildman–Crippen MR) is 92.5 cm³/mol. The molecule has 25 heavy (non-hydrogen) atoms. The highest BCUT2D eigenvalue weighted by atomic mass is 35.5. The molecule has 3 rings (SSSR count). The van der Waals surface area contributed by atoms with E-state index >= 15 is 0 Å². The number of halogens is 2. The monoisotopic (exact) mass is 361 g/mol. The van der Waals surface area contributed by atoms with Crippen molar-refractivity contribution >= 4 is 23.3 Å². The summed E-state index contributed by atoms with van der Waals surface area (Å²) < 4.78 is 13.3. The van der Waals surface area contributed by atoms with Crippen LogP contribution in [0.1, 0.15) is 33.6 Å². The van der Waals surface area contributed by atoms with Crippen molar-refractivity contribution in [1.29, 1.82) is 0 Å². The third-order valence-corrected chi connectivity index (χ3v) is 4.77. The summed E-state index contributed by atoms with van der Waals surface area (Å²) in [5, 5.41) is 9.63. The van der Waals surface area contributed by atoms with Crippen molar-refractivity contribution in [2.75, 3.05) is 13.1 Å². The molecule has 2 aromatic carbocycles. The Morgan fingerprint density at radius 3 is 2.40 bits per heavy atom. The van der Waals surface area contributed by atoms with Crippen LogP contribution in [0.15, 0.2) is 42.5 Å². The highest BCUT2D eigenvalue weighted by Gasteiger charge is 2.30. The number of piperidine rings is 1. The number of carbonyl (C=O) groups excluding carboxylic acids is 2. The molecule has 2 aromatic rings. The van der Waals surface area contributed by atoms with Crippen LogP contribution in [0.4, 0.5) is 4.39 Å². The number of Topliss-reactive ketones (excluding diaryl/α,β-unsaturated/α-hetero) is 1. The van der Waals surface area contributed by atoms with Crippen molar-refractivity contribution in [2.24, 2.45) is 5.92 Å². The number of nitrogens with zero attached hydrogens (tertiary/aromatic N) is 1. The summed E-state index contributed by atoms with van der Waals surface area (Å²) in [6, 6.07) is 11.0. The lowest BCUT2D eigenvalue weighted by molar-refractivity contribution is 0.0649. The van der Waals surface area contributed by atoms with Gasteiger partial charge < -0.3 is 10.0 Å². The molecular weight excluding hydrogens is 345 g/mol. The highest BCUT2D eigenvalue weighted by Crippen LogP contribution is 2.30. The Labute approximate surface area is 149 Å². The van der Waals surface area contributed by atoms with E-state index in [1.54, 1.807) is 17.0 Å². The average Bonchev–Trinajstić information content (AvgIpc) is 2.64. The van der Waals surface area contributed by atoms with E-state index in [1.807, 2.05) is 18.2 Å². The van der Waals surface area contributed by atoms with E-state index in [1.165, 1.54) is 0 Å². The summed E-state index contributed by atoms with van der Waals surface area (Å²) in [6.45, 7) is 0.916. The first kappa shape index (κ1) is 17.4. The van der Waals surface area contributed by atoms with Gasteiger partial charge in [-0.2, -0.15) is 0 Å². The van der Waals surface area contributed by atoms with Crippen LogP contribution in [-0.4, -0.2) is 34.8 Å². The minimum atomic E-state index is -0.765. The lowest BCUT2D eigenvalue weighted by atomic mass is 9.88. The van der Waals surface area contributed by atoms with Gasteiger partial charge in [0.05, 0.1) is 10.6 Å². The molecule has 4 nitrogen and oxygen atoms in total. The van der Waals surface area contributed by atoms with Crippen molar-refractivity contribution < 1.29 is 19.1 Å². The molecule has 0 atom stereocenters. The maximum atomic E-state index is 13.3. The van der Waals surface area contributed by atoms with Crippen molar-refractivity contribution in [2.45, 2.75) is 12.8 Å². The van der Waals surface area contributed by atoms with E-state index in [0.717, 1.165) is 12.1 Å². The minimum Gasteiger partial charge on any atom is -0.507 e. The molecule has 0 bridgehead atoms. The summed E-state index contributed by atoms with van der Waals surface area (Å²) >= 11 is 5.71. The SMILES string of the molecule is O=C(c1cc(Cl)c(F)cc1O)C1CCN(C(=O)c2ccccc2)CC1. The van der Waals surface area contributed by atoms with E-state index in [4.69, 9.17) is 11.6 Å². The van der Waals surface area contributed by atoms with Crippen LogP contribution in [0, 0.1) is 11.7 Å². The molecule has 1 amide bonds. The highest BCUT2D eigenvalue weighted by molar-refractivity contribution is 6.31. The number of aromatic hydroxyl groups is 1.